The number of hydrogen-bond acceptors (Lipinski definition) is 6. The van der Waals surface area contributed by atoms with Crippen molar-refractivity contribution in [1.82, 2.24) is 20.0 Å². The largest absolute Gasteiger partial charge is 0.294 e. The summed E-state index contributed by atoms with van der Waals surface area (Å²) in [4.78, 5) is 16.8. The van der Waals surface area contributed by atoms with E-state index in [1.165, 1.54) is 0 Å². The molecule has 0 aliphatic carbocycles. The number of carbonyl (C=O) groups is 1. The number of carbonyl (C=O) groups excluding carboxylic acids is 1. The van der Waals surface area contributed by atoms with Crippen molar-refractivity contribution in [3.63, 3.8) is 0 Å². The minimum Gasteiger partial charge on any atom is -0.294 e. The molecule has 0 spiro atoms. The minimum atomic E-state index is 0.00386. The molecule has 7 nitrogen and oxygen atoms in total. The number of ketones is 1. The molecule has 7 heteroatoms. The molecular weight excluding hydrogens is 316 g/mol. The summed E-state index contributed by atoms with van der Waals surface area (Å²) in [6.07, 6.45) is 2.52. The molecule has 0 fully saturated rings. The van der Waals surface area contributed by atoms with E-state index in [9.17, 15) is 4.79 Å². The Bertz CT molecular complexity index is 1000. The summed E-state index contributed by atoms with van der Waals surface area (Å²) in [7, 11) is 0. The van der Waals surface area contributed by atoms with Crippen LogP contribution in [0.2, 0.25) is 0 Å². The molecule has 124 valence electrons. The number of Topliss-reactive ketones (excluding diaryl/α,β-unsaturated/α-hetero) is 1. The van der Waals surface area contributed by atoms with Crippen LogP contribution < -0.4 is 0 Å². The van der Waals surface area contributed by atoms with E-state index in [-0.39, 0.29) is 12.2 Å². The number of fused-ring (bicyclic) bond motifs is 1. The standard InChI is InChI=1S/C18H16N6O/c1-2-24-17-7-6-12(9-16(17)22-23-24)18(25)11-13-10-15(21-20-13)14-5-3-4-8-19-14/h3-9H,2,10-11H2,1H3. The van der Waals surface area contributed by atoms with E-state index in [0.717, 1.165) is 34.7 Å². The number of benzene rings is 1. The number of hydrogen-bond donors (Lipinski definition) is 0. The van der Waals surface area contributed by atoms with Crippen LogP contribution in [0.15, 0.2) is 52.8 Å². The van der Waals surface area contributed by atoms with Gasteiger partial charge in [0.05, 0.1) is 29.1 Å². The van der Waals surface area contributed by atoms with Gasteiger partial charge in [-0.15, -0.1) is 5.10 Å². The molecule has 0 amide bonds. The van der Waals surface area contributed by atoms with Crippen LogP contribution in [0.1, 0.15) is 35.8 Å². The van der Waals surface area contributed by atoms with Gasteiger partial charge in [-0.2, -0.15) is 10.2 Å². The fourth-order valence-corrected chi connectivity index (χ4v) is 2.83. The summed E-state index contributed by atoms with van der Waals surface area (Å²) in [5, 5.41) is 16.5. The number of nitrogens with zero attached hydrogens (tertiary/aromatic N) is 6. The highest BCUT2D eigenvalue weighted by Gasteiger charge is 2.19. The van der Waals surface area contributed by atoms with Crippen LogP contribution in [0.5, 0.6) is 0 Å². The monoisotopic (exact) mass is 332 g/mol. The summed E-state index contributed by atoms with van der Waals surface area (Å²) in [6.45, 7) is 2.75. The number of rotatable bonds is 5. The van der Waals surface area contributed by atoms with E-state index in [2.05, 4.69) is 25.5 Å². The van der Waals surface area contributed by atoms with Gasteiger partial charge in [-0.25, -0.2) is 4.68 Å². The number of aromatic nitrogens is 4. The van der Waals surface area contributed by atoms with Crippen LogP contribution in [-0.2, 0) is 6.54 Å². The average molecular weight is 332 g/mol. The van der Waals surface area contributed by atoms with Gasteiger partial charge in [-0.1, -0.05) is 11.3 Å². The highest BCUT2D eigenvalue weighted by Crippen LogP contribution is 2.17. The molecule has 1 aliphatic rings. The SMILES string of the molecule is CCn1nnc2cc(C(=O)CC3=NN=C(c4ccccn4)C3)ccc21. The van der Waals surface area contributed by atoms with Crippen LogP contribution in [0.3, 0.4) is 0 Å². The van der Waals surface area contributed by atoms with Gasteiger partial charge in [0.25, 0.3) is 0 Å². The zero-order valence-corrected chi connectivity index (χ0v) is 13.8. The van der Waals surface area contributed by atoms with Gasteiger partial charge in [0.15, 0.2) is 5.78 Å². The second-order valence-electron chi connectivity index (χ2n) is 5.81. The third-order valence-corrected chi connectivity index (χ3v) is 4.14. The topological polar surface area (TPSA) is 85.4 Å². The molecule has 3 heterocycles. The smallest absolute Gasteiger partial charge is 0.168 e. The summed E-state index contributed by atoms with van der Waals surface area (Å²) in [6, 6.07) is 11.1. The molecule has 1 aromatic carbocycles. The van der Waals surface area contributed by atoms with E-state index in [4.69, 9.17) is 0 Å². The predicted molar refractivity (Wildman–Crippen MR) is 95.0 cm³/mol. The van der Waals surface area contributed by atoms with Crippen molar-refractivity contribution in [3.8, 4) is 0 Å². The van der Waals surface area contributed by atoms with Crippen LogP contribution in [0, 0.1) is 0 Å². The molecule has 0 saturated heterocycles. The van der Waals surface area contributed by atoms with Gasteiger partial charge in [-0.3, -0.25) is 9.78 Å². The summed E-state index contributed by atoms with van der Waals surface area (Å²) < 4.78 is 1.80. The Balaban J connectivity index is 1.46. The minimum absolute atomic E-state index is 0.00386. The maximum Gasteiger partial charge on any atom is 0.168 e. The Hall–Kier alpha value is -3.22. The fraction of sp³-hybridized carbons (Fsp3) is 0.222. The van der Waals surface area contributed by atoms with E-state index in [1.54, 1.807) is 16.9 Å². The third kappa shape index (κ3) is 2.96. The second-order valence-corrected chi connectivity index (χ2v) is 5.81. The van der Waals surface area contributed by atoms with Crippen LogP contribution in [0.4, 0.5) is 0 Å². The lowest BCUT2D eigenvalue weighted by Crippen LogP contribution is -2.10. The quantitative estimate of drug-likeness (QED) is 0.672. The predicted octanol–water partition coefficient (Wildman–Crippen LogP) is 2.67. The fourth-order valence-electron chi connectivity index (χ4n) is 2.83. The first-order chi connectivity index (χ1) is 12.2. The Labute approximate surface area is 144 Å². The summed E-state index contributed by atoms with van der Waals surface area (Å²) in [5.74, 6) is 0.00386. The highest BCUT2D eigenvalue weighted by atomic mass is 16.1. The van der Waals surface area contributed by atoms with Gasteiger partial charge < -0.3 is 0 Å². The molecule has 0 radical (unpaired) electrons. The summed E-state index contributed by atoms with van der Waals surface area (Å²) in [5.41, 5.74) is 4.62. The summed E-state index contributed by atoms with van der Waals surface area (Å²) >= 11 is 0. The lowest BCUT2D eigenvalue weighted by molar-refractivity contribution is 0.100. The normalized spacial score (nSPS) is 13.8. The molecule has 3 aromatic rings. The molecule has 0 atom stereocenters. The molecular formula is C18H16N6O. The first-order valence-corrected chi connectivity index (χ1v) is 8.14. The van der Waals surface area contributed by atoms with E-state index >= 15 is 0 Å². The molecule has 0 saturated carbocycles. The molecule has 4 rings (SSSR count). The second kappa shape index (κ2) is 6.35. The molecule has 0 unspecified atom stereocenters. The van der Waals surface area contributed by atoms with Gasteiger partial charge >= 0.3 is 0 Å². The maximum absolute atomic E-state index is 12.6. The van der Waals surface area contributed by atoms with E-state index in [1.807, 2.05) is 37.3 Å². The third-order valence-electron chi connectivity index (χ3n) is 4.14. The number of pyridine rings is 1. The van der Waals surface area contributed by atoms with Crippen molar-refractivity contribution in [2.24, 2.45) is 10.2 Å². The Morgan fingerprint density at radius 1 is 1.20 bits per heavy atom. The van der Waals surface area contributed by atoms with Crippen LogP contribution in [0.25, 0.3) is 11.0 Å². The van der Waals surface area contributed by atoms with Gasteiger partial charge in [0.2, 0.25) is 0 Å². The number of aryl methyl sites for hydroxylation is 1. The first kappa shape index (κ1) is 15.3. The van der Waals surface area contributed by atoms with Gasteiger partial charge in [0, 0.05) is 24.7 Å². The Morgan fingerprint density at radius 2 is 2.12 bits per heavy atom. The van der Waals surface area contributed by atoms with Crippen molar-refractivity contribution in [2.45, 2.75) is 26.3 Å². The van der Waals surface area contributed by atoms with Crippen molar-refractivity contribution in [1.29, 1.82) is 0 Å². The van der Waals surface area contributed by atoms with Crippen molar-refractivity contribution < 1.29 is 4.79 Å². The van der Waals surface area contributed by atoms with E-state index < -0.39 is 0 Å². The zero-order chi connectivity index (χ0) is 17.2. The zero-order valence-electron chi connectivity index (χ0n) is 13.8. The molecule has 0 N–H and O–H groups in total. The van der Waals surface area contributed by atoms with Crippen molar-refractivity contribution >= 4 is 28.2 Å². The van der Waals surface area contributed by atoms with Crippen LogP contribution in [-0.4, -0.2) is 37.2 Å². The Morgan fingerprint density at radius 3 is 2.92 bits per heavy atom. The molecule has 0 bridgehead atoms. The maximum atomic E-state index is 12.6. The molecule has 25 heavy (non-hydrogen) atoms. The lowest BCUT2D eigenvalue weighted by atomic mass is 10.0. The highest BCUT2D eigenvalue weighted by molar-refractivity contribution is 6.20. The first-order valence-electron chi connectivity index (χ1n) is 8.14. The van der Waals surface area contributed by atoms with E-state index in [0.29, 0.717) is 12.0 Å². The van der Waals surface area contributed by atoms with Gasteiger partial charge in [0.1, 0.15) is 5.52 Å². The lowest BCUT2D eigenvalue weighted by Gasteiger charge is -2.02. The Kier molecular flexibility index (Phi) is 3.89. The molecule has 1 aliphatic heterocycles. The van der Waals surface area contributed by atoms with Gasteiger partial charge in [-0.05, 0) is 37.3 Å². The van der Waals surface area contributed by atoms with Crippen LogP contribution >= 0.6 is 0 Å². The van der Waals surface area contributed by atoms with Crippen molar-refractivity contribution in [3.05, 3.63) is 53.9 Å². The average Bonchev–Trinajstić information content (AvgIpc) is 3.28. The molecule has 2 aromatic heterocycles. The van der Waals surface area contributed by atoms with Crippen molar-refractivity contribution in [2.75, 3.05) is 0 Å².